The van der Waals surface area contributed by atoms with Crippen LogP contribution in [0.25, 0.3) is 11.0 Å². The number of nitrogens with one attached hydrogen (secondary N) is 1. The summed E-state index contributed by atoms with van der Waals surface area (Å²) in [5, 5.41) is 2.97. The first kappa shape index (κ1) is 18.3. The van der Waals surface area contributed by atoms with E-state index in [0.717, 1.165) is 49.5 Å². The van der Waals surface area contributed by atoms with Crippen LogP contribution in [0, 0.1) is 5.92 Å². The number of aromatic nitrogens is 3. The number of benzene rings is 1. The molecule has 0 saturated carbocycles. The lowest BCUT2D eigenvalue weighted by molar-refractivity contribution is -0.120. The quantitative estimate of drug-likeness (QED) is 0.736. The maximum atomic E-state index is 12.6. The van der Waals surface area contributed by atoms with Gasteiger partial charge in [-0.3, -0.25) is 4.79 Å². The number of hydrogen-bond donors (Lipinski definition) is 1. The highest BCUT2D eigenvalue weighted by atomic mass is 16.5. The molecule has 1 fully saturated rings. The minimum Gasteiger partial charge on any atom is -0.481 e. The minimum absolute atomic E-state index is 0.00203. The van der Waals surface area contributed by atoms with E-state index in [9.17, 15) is 4.79 Å². The first-order chi connectivity index (χ1) is 13.7. The third-order valence-electron chi connectivity index (χ3n) is 5.31. The summed E-state index contributed by atoms with van der Waals surface area (Å²) in [6.07, 6.45) is 3.24. The number of anilines is 2. The molecule has 1 saturated heterocycles. The number of carbonyl (C=O) groups is 1. The Kier molecular flexibility index (Phi) is 5.14. The molecule has 146 valence electrons. The third-order valence-corrected chi connectivity index (χ3v) is 5.31. The fourth-order valence-corrected chi connectivity index (χ4v) is 3.78. The van der Waals surface area contributed by atoms with Crippen molar-refractivity contribution in [2.45, 2.75) is 26.3 Å². The van der Waals surface area contributed by atoms with Gasteiger partial charge >= 0.3 is 0 Å². The Morgan fingerprint density at radius 2 is 2.00 bits per heavy atom. The molecule has 4 rings (SSSR count). The maximum absolute atomic E-state index is 12.6. The molecule has 7 heteroatoms. The summed E-state index contributed by atoms with van der Waals surface area (Å²) < 4.78 is 7.30. The molecule has 0 unspecified atom stereocenters. The van der Waals surface area contributed by atoms with Crippen molar-refractivity contribution >= 4 is 28.6 Å². The van der Waals surface area contributed by atoms with Gasteiger partial charge in [-0.2, -0.15) is 0 Å². The lowest BCUT2D eigenvalue weighted by Gasteiger charge is -2.32. The number of methoxy groups -OCH3 is 1. The Balaban J connectivity index is 1.41. The molecule has 0 atom stereocenters. The molecule has 1 N–H and O–H groups in total. The van der Waals surface area contributed by atoms with E-state index in [1.165, 1.54) is 0 Å². The van der Waals surface area contributed by atoms with Crippen LogP contribution in [0.15, 0.2) is 42.6 Å². The van der Waals surface area contributed by atoms with Gasteiger partial charge in [0.2, 0.25) is 17.7 Å². The second-order valence-corrected chi connectivity index (χ2v) is 6.98. The topological polar surface area (TPSA) is 72.3 Å². The Bertz CT molecular complexity index is 959. The highest BCUT2D eigenvalue weighted by Gasteiger charge is 2.27. The van der Waals surface area contributed by atoms with Crippen molar-refractivity contribution in [3.8, 4) is 5.88 Å². The number of imidazole rings is 1. The normalized spacial score (nSPS) is 15.0. The van der Waals surface area contributed by atoms with E-state index in [0.29, 0.717) is 11.6 Å². The third kappa shape index (κ3) is 3.52. The second kappa shape index (κ2) is 7.88. The SMILES string of the molecule is CCn1c(N2CCC(C(=O)Nc3ccc(OC)nc3)CC2)nc2ccccc21. The first-order valence-electron chi connectivity index (χ1n) is 9.70. The molecule has 3 heterocycles. The van der Waals surface area contributed by atoms with Crippen molar-refractivity contribution in [2.24, 2.45) is 5.92 Å². The summed E-state index contributed by atoms with van der Waals surface area (Å²) in [7, 11) is 1.57. The maximum Gasteiger partial charge on any atom is 0.227 e. The van der Waals surface area contributed by atoms with Crippen LogP contribution in [0.2, 0.25) is 0 Å². The predicted octanol–water partition coefficient (Wildman–Crippen LogP) is 3.31. The van der Waals surface area contributed by atoms with Crippen LogP contribution in [0.1, 0.15) is 19.8 Å². The first-order valence-corrected chi connectivity index (χ1v) is 9.70. The number of fused-ring (bicyclic) bond motifs is 1. The van der Waals surface area contributed by atoms with Gasteiger partial charge in [-0.15, -0.1) is 0 Å². The summed E-state index contributed by atoms with van der Waals surface area (Å²) in [5.74, 6) is 1.58. The van der Waals surface area contributed by atoms with E-state index in [2.05, 4.69) is 32.8 Å². The molecule has 0 bridgehead atoms. The van der Waals surface area contributed by atoms with Crippen molar-refractivity contribution in [3.63, 3.8) is 0 Å². The molecule has 0 spiro atoms. The van der Waals surface area contributed by atoms with Gasteiger partial charge in [0.05, 0.1) is 30.0 Å². The van der Waals surface area contributed by atoms with Gasteiger partial charge in [0.25, 0.3) is 0 Å². The average Bonchev–Trinajstić information content (AvgIpc) is 3.13. The Hall–Kier alpha value is -3.09. The van der Waals surface area contributed by atoms with E-state index in [4.69, 9.17) is 9.72 Å². The van der Waals surface area contributed by atoms with Crippen LogP contribution >= 0.6 is 0 Å². The number of carbonyl (C=O) groups excluding carboxylic acids is 1. The number of pyridine rings is 1. The molecule has 1 aliphatic heterocycles. The zero-order chi connectivity index (χ0) is 19.5. The molecule has 28 heavy (non-hydrogen) atoms. The summed E-state index contributed by atoms with van der Waals surface area (Å²) in [5.41, 5.74) is 2.87. The van der Waals surface area contributed by atoms with Crippen LogP contribution in [0.4, 0.5) is 11.6 Å². The van der Waals surface area contributed by atoms with Crippen LogP contribution in [0.5, 0.6) is 5.88 Å². The van der Waals surface area contributed by atoms with Crippen LogP contribution in [-0.2, 0) is 11.3 Å². The molecular formula is C21H25N5O2. The van der Waals surface area contributed by atoms with Crippen molar-refractivity contribution in [1.82, 2.24) is 14.5 Å². The summed E-state index contributed by atoms with van der Waals surface area (Å²) in [6.45, 7) is 4.66. The molecule has 7 nitrogen and oxygen atoms in total. The fraction of sp³-hybridized carbons (Fsp3) is 0.381. The second-order valence-electron chi connectivity index (χ2n) is 6.98. The number of ether oxygens (including phenoxy) is 1. The highest BCUT2D eigenvalue weighted by molar-refractivity contribution is 5.92. The number of aryl methyl sites for hydroxylation is 1. The summed E-state index contributed by atoms with van der Waals surface area (Å²) in [4.78, 5) is 23.9. The molecule has 2 aromatic heterocycles. The number of hydrogen-bond acceptors (Lipinski definition) is 5. The van der Waals surface area contributed by atoms with E-state index in [-0.39, 0.29) is 11.8 Å². The van der Waals surface area contributed by atoms with Crippen molar-refractivity contribution in [2.75, 3.05) is 30.4 Å². The summed E-state index contributed by atoms with van der Waals surface area (Å²) in [6, 6.07) is 11.8. The number of rotatable bonds is 5. The van der Waals surface area contributed by atoms with Gasteiger partial charge in [0, 0.05) is 31.6 Å². The largest absolute Gasteiger partial charge is 0.481 e. The lowest BCUT2D eigenvalue weighted by Crippen LogP contribution is -2.39. The molecule has 1 amide bonds. The Labute approximate surface area is 164 Å². The van der Waals surface area contributed by atoms with Crippen LogP contribution in [0.3, 0.4) is 0 Å². The van der Waals surface area contributed by atoms with Gasteiger partial charge in [0.1, 0.15) is 0 Å². The minimum atomic E-state index is -0.00203. The van der Waals surface area contributed by atoms with E-state index in [1.807, 2.05) is 24.3 Å². The number of nitrogens with zero attached hydrogens (tertiary/aromatic N) is 4. The number of amides is 1. The lowest BCUT2D eigenvalue weighted by atomic mass is 9.96. The van der Waals surface area contributed by atoms with Crippen molar-refractivity contribution < 1.29 is 9.53 Å². The number of piperidine rings is 1. The number of para-hydroxylation sites is 2. The van der Waals surface area contributed by atoms with E-state index < -0.39 is 0 Å². The zero-order valence-corrected chi connectivity index (χ0v) is 16.3. The predicted molar refractivity (Wildman–Crippen MR) is 110 cm³/mol. The summed E-state index contributed by atoms with van der Waals surface area (Å²) >= 11 is 0. The smallest absolute Gasteiger partial charge is 0.227 e. The molecule has 0 aliphatic carbocycles. The molecule has 0 radical (unpaired) electrons. The fourth-order valence-electron chi connectivity index (χ4n) is 3.78. The van der Waals surface area contributed by atoms with E-state index in [1.54, 1.807) is 19.4 Å². The molecule has 3 aromatic rings. The van der Waals surface area contributed by atoms with Gasteiger partial charge in [-0.05, 0) is 38.0 Å². The van der Waals surface area contributed by atoms with Gasteiger partial charge in [-0.1, -0.05) is 12.1 Å². The van der Waals surface area contributed by atoms with E-state index >= 15 is 0 Å². The monoisotopic (exact) mass is 379 g/mol. The van der Waals surface area contributed by atoms with Crippen molar-refractivity contribution in [1.29, 1.82) is 0 Å². The van der Waals surface area contributed by atoms with Gasteiger partial charge < -0.3 is 19.5 Å². The van der Waals surface area contributed by atoms with Gasteiger partial charge in [0.15, 0.2) is 0 Å². The molecule has 1 aliphatic rings. The molecule has 1 aromatic carbocycles. The zero-order valence-electron chi connectivity index (χ0n) is 16.3. The Morgan fingerprint density at radius 3 is 2.68 bits per heavy atom. The standard InChI is InChI=1S/C21H25N5O2/c1-3-26-18-7-5-4-6-17(18)24-21(26)25-12-10-15(11-13-25)20(27)23-16-8-9-19(28-2)22-14-16/h4-9,14-15H,3,10-13H2,1-2H3,(H,23,27). The van der Waals surface area contributed by atoms with Gasteiger partial charge in [-0.25, -0.2) is 9.97 Å². The highest BCUT2D eigenvalue weighted by Crippen LogP contribution is 2.27. The van der Waals surface area contributed by atoms with Crippen molar-refractivity contribution in [3.05, 3.63) is 42.6 Å². The average molecular weight is 379 g/mol. The van der Waals surface area contributed by atoms with Crippen LogP contribution < -0.4 is 15.0 Å². The van der Waals surface area contributed by atoms with Crippen LogP contribution in [-0.4, -0.2) is 40.6 Å². The Morgan fingerprint density at radius 1 is 1.21 bits per heavy atom. The molecular weight excluding hydrogens is 354 g/mol.